The highest BCUT2D eigenvalue weighted by Crippen LogP contribution is 2.27. The summed E-state index contributed by atoms with van der Waals surface area (Å²) in [5.41, 5.74) is 0. The van der Waals surface area contributed by atoms with E-state index in [1.807, 2.05) is 6.08 Å². The molecule has 0 amide bonds. The molecule has 0 aromatic carbocycles. The lowest BCUT2D eigenvalue weighted by atomic mass is 9.90. The molecule has 0 heterocycles. The third kappa shape index (κ3) is 3.58. The van der Waals surface area contributed by atoms with Crippen molar-refractivity contribution in [2.24, 2.45) is 5.92 Å². The summed E-state index contributed by atoms with van der Waals surface area (Å²) in [5.74, 6) is 2.24. The normalized spacial score (nSPS) is 19.8. The van der Waals surface area contributed by atoms with Crippen LogP contribution in [-0.4, -0.2) is 17.2 Å². The van der Waals surface area contributed by atoms with E-state index < -0.39 is 7.12 Å². The van der Waals surface area contributed by atoms with Gasteiger partial charge >= 0.3 is 7.12 Å². The molecule has 2 nitrogen and oxygen atoms in total. The van der Waals surface area contributed by atoms with Crippen LogP contribution >= 0.6 is 0 Å². The Hall–Kier alpha value is -0.275. The number of hydrogen-bond donors (Lipinski definition) is 2. The molecule has 0 atom stereocenters. The molecule has 0 aromatic rings. The van der Waals surface area contributed by atoms with Crippen molar-refractivity contribution < 1.29 is 10.0 Å². The van der Waals surface area contributed by atoms with Crippen LogP contribution in [0.25, 0.3) is 0 Å². The second-order valence-electron chi connectivity index (χ2n) is 3.23. The van der Waals surface area contributed by atoms with Gasteiger partial charge in [-0.1, -0.05) is 37.7 Å². The molecule has 1 aliphatic rings. The van der Waals surface area contributed by atoms with Crippen LogP contribution < -0.4 is 0 Å². The predicted octanol–water partition coefficient (Wildman–Crippen LogP) is 1.13. The lowest BCUT2D eigenvalue weighted by Crippen LogP contribution is -2.05. The van der Waals surface area contributed by atoms with Crippen molar-refractivity contribution in [3.05, 3.63) is 12.1 Å². The summed E-state index contributed by atoms with van der Waals surface area (Å²) in [4.78, 5) is 0. The van der Waals surface area contributed by atoms with E-state index in [4.69, 9.17) is 10.0 Å². The molecule has 62 valence electrons. The fraction of sp³-hybridized carbons (Fsp3) is 0.750. The number of allylic oxidation sites excluding steroid dienone is 1. The van der Waals surface area contributed by atoms with Crippen LogP contribution in [0.15, 0.2) is 12.1 Å². The van der Waals surface area contributed by atoms with Crippen LogP contribution in [0.5, 0.6) is 0 Å². The van der Waals surface area contributed by atoms with Crippen molar-refractivity contribution in [2.75, 3.05) is 0 Å². The van der Waals surface area contributed by atoms with Crippen molar-refractivity contribution in [3.63, 3.8) is 0 Å². The van der Waals surface area contributed by atoms with Gasteiger partial charge in [0.25, 0.3) is 0 Å². The smallest absolute Gasteiger partial charge is 0.424 e. The SMILES string of the molecule is OB(O)C=CCC1CCCC1. The van der Waals surface area contributed by atoms with E-state index in [1.54, 1.807) is 0 Å². The van der Waals surface area contributed by atoms with Gasteiger partial charge in [0.1, 0.15) is 0 Å². The first kappa shape index (κ1) is 8.82. The van der Waals surface area contributed by atoms with Gasteiger partial charge in [0.2, 0.25) is 0 Å². The Balaban J connectivity index is 2.10. The van der Waals surface area contributed by atoms with E-state index in [-0.39, 0.29) is 0 Å². The van der Waals surface area contributed by atoms with E-state index in [9.17, 15) is 0 Å². The average Bonchev–Trinajstić information content (AvgIpc) is 2.39. The van der Waals surface area contributed by atoms with Gasteiger partial charge in [-0.15, -0.1) is 0 Å². The summed E-state index contributed by atoms with van der Waals surface area (Å²) >= 11 is 0. The second kappa shape index (κ2) is 4.57. The van der Waals surface area contributed by atoms with Crippen molar-refractivity contribution in [3.8, 4) is 0 Å². The molecule has 3 heteroatoms. The fourth-order valence-corrected chi connectivity index (χ4v) is 1.64. The van der Waals surface area contributed by atoms with Crippen LogP contribution in [0.3, 0.4) is 0 Å². The summed E-state index contributed by atoms with van der Waals surface area (Å²) < 4.78 is 0. The van der Waals surface area contributed by atoms with Gasteiger partial charge in [0.15, 0.2) is 0 Å². The molecule has 1 aliphatic carbocycles. The lowest BCUT2D eigenvalue weighted by molar-refractivity contribution is 0.423. The molecule has 0 aromatic heterocycles. The fourth-order valence-electron chi connectivity index (χ4n) is 1.64. The summed E-state index contributed by atoms with van der Waals surface area (Å²) in [5, 5.41) is 17.0. The van der Waals surface area contributed by atoms with Crippen LogP contribution in [0.2, 0.25) is 0 Å². The zero-order valence-electron chi connectivity index (χ0n) is 6.74. The molecule has 11 heavy (non-hydrogen) atoms. The summed E-state index contributed by atoms with van der Waals surface area (Å²) in [7, 11) is -1.27. The molecule has 0 radical (unpaired) electrons. The first-order valence-electron chi connectivity index (χ1n) is 4.32. The van der Waals surface area contributed by atoms with Crippen LogP contribution in [-0.2, 0) is 0 Å². The van der Waals surface area contributed by atoms with Gasteiger partial charge in [-0.2, -0.15) is 0 Å². The number of rotatable bonds is 3. The summed E-state index contributed by atoms with van der Waals surface area (Å²) in [6.07, 6.45) is 8.20. The first-order chi connectivity index (χ1) is 5.29. The second-order valence-corrected chi connectivity index (χ2v) is 3.23. The van der Waals surface area contributed by atoms with Crippen molar-refractivity contribution in [2.45, 2.75) is 32.1 Å². The zero-order chi connectivity index (χ0) is 8.10. The van der Waals surface area contributed by atoms with E-state index in [0.29, 0.717) is 0 Å². The highest BCUT2D eigenvalue weighted by Gasteiger charge is 2.12. The van der Waals surface area contributed by atoms with Gasteiger partial charge in [-0.25, -0.2) is 0 Å². The van der Waals surface area contributed by atoms with E-state index in [1.165, 1.54) is 31.7 Å². The zero-order valence-corrected chi connectivity index (χ0v) is 6.74. The van der Waals surface area contributed by atoms with E-state index in [2.05, 4.69) is 0 Å². The minimum Gasteiger partial charge on any atom is -0.424 e. The molecular weight excluding hydrogens is 139 g/mol. The number of hydrogen-bond acceptors (Lipinski definition) is 2. The van der Waals surface area contributed by atoms with Crippen molar-refractivity contribution >= 4 is 7.12 Å². The first-order valence-corrected chi connectivity index (χ1v) is 4.32. The molecular formula is C8H15BO2. The summed E-state index contributed by atoms with van der Waals surface area (Å²) in [6, 6.07) is 0. The molecule has 0 unspecified atom stereocenters. The van der Waals surface area contributed by atoms with Crippen molar-refractivity contribution in [1.29, 1.82) is 0 Å². The molecule has 1 saturated carbocycles. The quantitative estimate of drug-likeness (QED) is 0.598. The third-order valence-electron chi connectivity index (χ3n) is 2.25. The Morgan fingerprint density at radius 3 is 2.45 bits per heavy atom. The Labute approximate surface area is 68.1 Å². The molecule has 2 N–H and O–H groups in total. The standard InChI is InChI=1S/C8H15BO2/c10-9(11)7-3-6-8-4-1-2-5-8/h3,7-8,10-11H,1-2,4-6H2. The van der Waals surface area contributed by atoms with Crippen LogP contribution in [0.4, 0.5) is 0 Å². The summed E-state index contributed by atoms with van der Waals surface area (Å²) in [6.45, 7) is 0. The van der Waals surface area contributed by atoms with Gasteiger partial charge in [0.05, 0.1) is 0 Å². The molecule has 1 fully saturated rings. The van der Waals surface area contributed by atoms with Gasteiger partial charge in [-0.05, 0) is 12.3 Å². The minimum absolute atomic E-state index is 0.796. The Morgan fingerprint density at radius 1 is 1.27 bits per heavy atom. The van der Waals surface area contributed by atoms with Crippen LogP contribution in [0.1, 0.15) is 32.1 Å². The molecule has 0 spiro atoms. The van der Waals surface area contributed by atoms with Crippen LogP contribution in [0, 0.1) is 5.92 Å². The topological polar surface area (TPSA) is 40.5 Å². The predicted molar refractivity (Wildman–Crippen MR) is 45.9 cm³/mol. The monoisotopic (exact) mass is 154 g/mol. The molecule has 0 bridgehead atoms. The molecule has 0 aliphatic heterocycles. The van der Waals surface area contributed by atoms with E-state index >= 15 is 0 Å². The third-order valence-corrected chi connectivity index (χ3v) is 2.25. The molecule has 0 saturated heterocycles. The maximum absolute atomic E-state index is 8.50. The maximum Gasteiger partial charge on any atom is 0.480 e. The maximum atomic E-state index is 8.50. The Kier molecular flexibility index (Phi) is 3.67. The van der Waals surface area contributed by atoms with Gasteiger partial charge in [0, 0.05) is 0 Å². The van der Waals surface area contributed by atoms with Gasteiger partial charge < -0.3 is 10.0 Å². The Morgan fingerprint density at radius 2 is 1.91 bits per heavy atom. The highest BCUT2D eigenvalue weighted by molar-refractivity contribution is 6.47. The van der Waals surface area contributed by atoms with Gasteiger partial charge in [-0.3, -0.25) is 0 Å². The average molecular weight is 154 g/mol. The van der Waals surface area contributed by atoms with Crippen molar-refractivity contribution in [1.82, 2.24) is 0 Å². The molecule has 1 rings (SSSR count). The van der Waals surface area contributed by atoms with E-state index in [0.717, 1.165) is 12.3 Å². The largest absolute Gasteiger partial charge is 0.480 e. The lowest BCUT2D eigenvalue weighted by Gasteiger charge is -2.02. The minimum atomic E-state index is -1.27. The Bertz CT molecular complexity index is 128. The highest BCUT2D eigenvalue weighted by atomic mass is 16.4.